The predicted octanol–water partition coefficient (Wildman–Crippen LogP) is 2.84. The van der Waals surface area contributed by atoms with Gasteiger partial charge in [0.2, 0.25) is 0 Å². The molecule has 1 nitrogen and oxygen atoms in total. The minimum absolute atomic E-state index is 0.141. The average molecular weight is 166 g/mol. The maximum atomic E-state index is 9.19. The van der Waals surface area contributed by atoms with Gasteiger partial charge in [-0.3, -0.25) is 0 Å². The molecular weight excluding hydrogens is 148 g/mol. The minimum atomic E-state index is -0.141. The average Bonchev–Trinajstić information content (AvgIpc) is 2.10. The summed E-state index contributed by atoms with van der Waals surface area (Å²) in [6.45, 7) is 5.55. The van der Waals surface area contributed by atoms with E-state index in [1.807, 2.05) is 25.2 Å². The van der Waals surface area contributed by atoms with Crippen LogP contribution in [0, 0.1) is 0 Å². The standard InChI is InChI=1S/C11H18O/c1-3-5-6-7-8-9-10-11(12)4-2/h3,5-8,11-12H,1,4,9-10H2,2H3/b6-5+,8-7?. The zero-order valence-electron chi connectivity index (χ0n) is 7.74. The molecule has 0 aromatic carbocycles. The van der Waals surface area contributed by atoms with Crippen molar-refractivity contribution in [2.45, 2.75) is 32.3 Å². The summed E-state index contributed by atoms with van der Waals surface area (Å²) in [5, 5.41) is 9.19. The first-order chi connectivity index (χ1) is 5.81. The van der Waals surface area contributed by atoms with Crippen molar-refractivity contribution in [2.24, 2.45) is 0 Å². The first-order valence-corrected chi connectivity index (χ1v) is 4.43. The monoisotopic (exact) mass is 166 g/mol. The summed E-state index contributed by atoms with van der Waals surface area (Å²) in [5.41, 5.74) is 0. The van der Waals surface area contributed by atoms with Gasteiger partial charge in [-0.15, -0.1) is 0 Å². The Morgan fingerprint density at radius 3 is 2.67 bits per heavy atom. The fraction of sp³-hybridized carbons (Fsp3) is 0.455. The van der Waals surface area contributed by atoms with Crippen molar-refractivity contribution in [3.63, 3.8) is 0 Å². The molecular formula is C11H18O. The molecule has 0 aliphatic heterocycles. The molecule has 0 aliphatic carbocycles. The Bertz CT molecular complexity index is 156. The molecule has 0 spiro atoms. The fourth-order valence-corrected chi connectivity index (χ4v) is 0.810. The van der Waals surface area contributed by atoms with Crippen LogP contribution < -0.4 is 0 Å². The van der Waals surface area contributed by atoms with E-state index in [0.29, 0.717) is 0 Å². The van der Waals surface area contributed by atoms with Gasteiger partial charge in [-0.1, -0.05) is 43.9 Å². The van der Waals surface area contributed by atoms with Crippen LogP contribution >= 0.6 is 0 Å². The molecule has 1 unspecified atom stereocenters. The van der Waals surface area contributed by atoms with Crippen molar-refractivity contribution < 1.29 is 5.11 Å². The molecule has 0 radical (unpaired) electrons. The van der Waals surface area contributed by atoms with Crippen LogP contribution in [0.1, 0.15) is 26.2 Å². The summed E-state index contributed by atoms with van der Waals surface area (Å²) in [6, 6.07) is 0. The molecule has 0 aromatic rings. The largest absolute Gasteiger partial charge is 0.393 e. The van der Waals surface area contributed by atoms with Crippen molar-refractivity contribution in [2.75, 3.05) is 0 Å². The third kappa shape index (κ3) is 7.29. The Morgan fingerprint density at radius 2 is 2.08 bits per heavy atom. The molecule has 12 heavy (non-hydrogen) atoms. The second kappa shape index (κ2) is 8.28. The third-order valence-electron chi connectivity index (χ3n) is 1.63. The normalized spacial score (nSPS) is 14.2. The van der Waals surface area contributed by atoms with Gasteiger partial charge in [-0.25, -0.2) is 0 Å². The number of aliphatic hydroxyl groups excluding tert-OH is 1. The van der Waals surface area contributed by atoms with E-state index in [1.54, 1.807) is 6.08 Å². The molecule has 0 saturated carbocycles. The highest BCUT2D eigenvalue weighted by Crippen LogP contribution is 2.01. The van der Waals surface area contributed by atoms with Gasteiger partial charge in [0, 0.05) is 0 Å². The van der Waals surface area contributed by atoms with Gasteiger partial charge in [0.25, 0.3) is 0 Å². The molecule has 0 fully saturated rings. The van der Waals surface area contributed by atoms with Gasteiger partial charge in [-0.2, -0.15) is 0 Å². The van der Waals surface area contributed by atoms with Crippen LogP contribution in [0.25, 0.3) is 0 Å². The maximum absolute atomic E-state index is 9.19. The van der Waals surface area contributed by atoms with Crippen molar-refractivity contribution in [3.8, 4) is 0 Å². The molecule has 1 atom stereocenters. The van der Waals surface area contributed by atoms with Crippen LogP contribution in [0.5, 0.6) is 0 Å². The minimum Gasteiger partial charge on any atom is -0.393 e. The first kappa shape index (κ1) is 11.2. The lowest BCUT2D eigenvalue weighted by molar-refractivity contribution is 0.161. The maximum Gasteiger partial charge on any atom is 0.0540 e. The second-order valence-electron chi connectivity index (χ2n) is 2.69. The summed E-state index contributed by atoms with van der Waals surface area (Å²) < 4.78 is 0. The smallest absolute Gasteiger partial charge is 0.0540 e. The number of aliphatic hydroxyl groups is 1. The molecule has 1 N–H and O–H groups in total. The van der Waals surface area contributed by atoms with Crippen LogP contribution in [-0.2, 0) is 0 Å². The summed E-state index contributed by atoms with van der Waals surface area (Å²) in [7, 11) is 0. The van der Waals surface area contributed by atoms with Gasteiger partial charge in [0.15, 0.2) is 0 Å². The lowest BCUT2D eigenvalue weighted by Crippen LogP contribution is -2.02. The van der Waals surface area contributed by atoms with E-state index < -0.39 is 0 Å². The van der Waals surface area contributed by atoms with Crippen molar-refractivity contribution in [1.29, 1.82) is 0 Å². The lowest BCUT2D eigenvalue weighted by Gasteiger charge is -2.02. The summed E-state index contributed by atoms with van der Waals surface area (Å²) in [5.74, 6) is 0. The topological polar surface area (TPSA) is 20.2 Å². The van der Waals surface area contributed by atoms with Crippen molar-refractivity contribution in [1.82, 2.24) is 0 Å². The Morgan fingerprint density at radius 1 is 1.33 bits per heavy atom. The summed E-state index contributed by atoms with van der Waals surface area (Å²) in [6.07, 6.45) is 12.1. The predicted molar refractivity (Wildman–Crippen MR) is 54.0 cm³/mol. The number of rotatable bonds is 6. The Kier molecular flexibility index (Phi) is 7.71. The summed E-state index contributed by atoms with van der Waals surface area (Å²) >= 11 is 0. The van der Waals surface area contributed by atoms with E-state index in [9.17, 15) is 5.11 Å². The van der Waals surface area contributed by atoms with E-state index in [2.05, 4.69) is 12.7 Å². The van der Waals surface area contributed by atoms with Crippen LogP contribution in [-0.4, -0.2) is 11.2 Å². The Hall–Kier alpha value is -0.820. The van der Waals surface area contributed by atoms with E-state index in [0.717, 1.165) is 19.3 Å². The van der Waals surface area contributed by atoms with Crippen LogP contribution in [0.15, 0.2) is 37.0 Å². The molecule has 0 saturated heterocycles. The second-order valence-corrected chi connectivity index (χ2v) is 2.69. The molecule has 68 valence electrons. The van der Waals surface area contributed by atoms with Crippen LogP contribution in [0.3, 0.4) is 0 Å². The zero-order valence-corrected chi connectivity index (χ0v) is 7.74. The number of hydrogen-bond donors (Lipinski definition) is 1. The lowest BCUT2D eigenvalue weighted by atomic mass is 10.1. The van der Waals surface area contributed by atoms with E-state index in [1.165, 1.54) is 0 Å². The molecule has 1 heteroatoms. The summed E-state index contributed by atoms with van der Waals surface area (Å²) in [4.78, 5) is 0. The molecule has 0 heterocycles. The molecule has 0 bridgehead atoms. The highest BCUT2D eigenvalue weighted by molar-refractivity contribution is 5.08. The van der Waals surface area contributed by atoms with Crippen molar-refractivity contribution in [3.05, 3.63) is 37.0 Å². The van der Waals surface area contributed by atoms with Crippen LogP contribution in [0.2, 0.25) is 0 Å². The van der Waals surface area contributed by atoms with E-state index in [4.69, 9.17) is 0 Å². The molecule has 0 amide bonds. The Balaban J connectivity index is 3.35. The van der Waals surface area contributed by atoms with Crippen molar-refractivity contribution >= 4 is 0 Å². The third-order valence-corrected chi connectivity index (χ3v) is 1.63. The Labute approximate surface area is 75.1 Å². The van der Waals surface area contributed by atoms with E-state index in [-0.39, 0.29) is 6.10 Å². The van der Waals surface area contributed by atoms with Crippen LogP contribution in [0.4, 0.5) is 0 Å². The first-order valence-electron chi connectivity index (χ1n) is 4.43. The molecule has 0 rings (SSSR count). The number of allylic oxidation sites excluding steroid dienone is 5. The van der Waals surface area contributed by atoms with Gasteiger partial charge in [-0.05, 0) is 19.3 Å². The van der Waals surface area contributed by atoms with Gasteiger partial charge in [0.1, 0.15) is 0 Å². The van der Waals surface area contributed by atoms with Gasteiger partial charge >= 0.3 is 0 Å². The number of hydrogen-bond acceptors (Lipinski definition) is 1. The van der Waals surface area contributed by atoms with Gasteiger partial charge < -0.3 is 5.11 Å². The van der Waals surface area contributed by atoms with Gasteiger partial charge in [0.05, 0.1) is 6.10 Å². The van der Waals surface area contributed by atoms with E-state index >= 15 is 0 Å². The zero-order chi connectivity index (χ0) is 9.23. The fourth-order valence-electron chi connectivity index (χ4n) is 0.810. The molecule has 0 aromatic heterocycles. The highest BCUT2D eigenvalue weighted by atomic mass is 16.3. The SMILES string of the molecule is C=C/C=C/C=CCCC(O)CC. The highest BCUT2D eigenvalue weighted by Gasteiger charge is 1.96. The quantitative estimate of drug-likeness (QED) is 0.601. The molecule has 0 aliphatic rings.